The van der Waals surface area contributed by atoms with E-state index in [0.29, 0.717) is 18.8 Å². The molecule has 0 spiro atoms. The fourth-order valence-electron chi connectivity index (χ4n) is 2.78. The first-order valence-corrected chi connectivity index (χ1v) is 8.69. The summed E-state index contributed by atoms with van der Waals surface area (Å²) in [4.78, 5) is 41.0. The van der Waals surface area contributed by atoms with Crippen molar-refractivity contribution in [2.75, 3.05) is 25.5 Å². The SMILES string of the molecule is CNC(=O)NCCC(C)(C)CC(C)CNC(=O)Nc1nc(C)cc(=O)[nH]1. The topological polar surface area (TPSA) is 128 Å². The first kappa shape index (κ1) is 21.5. The van der Waals surface area contributed by atoms with Gasteiger partial charge in [-0.3, -0.25) is 15.1 Å². The van der Waals surface area contributed by atoms with Crippen LogP contribution in [0.5, 0.6) is 0 Å². The first-order valence-electron chi connectivity index (χ1n) is 8.69. The van der Waals surface area contributed by atoms with E-state index in [4.69, 9.17) is 0 Å². The molecule has 26 heavy (non-hydrogen) atoms. The Bertz CT molecular complexity index is 671. The second kappa shape index (κ2) is 9.79. The summed E-state index contributed by atoms with van der Waals surface area (Å²) in [6.45, 7) is 9.10. The summed E-state index contributed by atoms with van der Waals surface area (Å²) in [5.74, 6) is 0.376. The van der Waals surface area contributed by atoms with Crippen molar-refractivity contribution in [2.45, 2.75) is 40.5 Å². The number of hydrogen-bond acceptors (Lipinski definition) is 4. The molecule has 9 heteroatoms. The fraction of sp³-hybridized carbons (Fsp3) is 0.647. The van der Waals surface area contributed by atoms with Crippen LogP contribution in [0.15, 0.2) is 10.9 Å². The predicted molar refractivity (Wildman–Crippen MR) is 101 cm³/mol. The van der Waals surface area contributed by atoms with Gasteiger partial charge in [-0.15, -0.1) is 0 Å². The average Bonchev–Trinajstić information content (AvgIpc) is 2.51. The highest BCUT2D eigenvalue weighted by Crippen LogP contribution is 2.28. The van der Waals surface area contributed by atoms with Crippen molar-refractivity contribution < 1.29 is 9.59 Å². The molecule has 0 aliphatic carbocycles. The number of carbonyl (C=O) groups excluding carboxylic acids is 2. The average molecular weight is 366 g/mol. The highest BCUT2D eigenvalue weighted by Gasteiger charge is 2.21. The van der Waals surface area contributed by atoms with E-state index in [9.17, 15) is 14.4 Å². The lowest BCUT2D eigenvalue weighted by Gasteiger charge is -2.28. The molecule has 0 aliphatic heterocycles. The minimum absolute atomic E-state index is 0.0297. The van der Waals surface area contributed by atoms with Gasteiger partial charge in [-0.05, 0) is 31.1 Å². The van der Waals surface area contributed by atoms with Gasteiger partial charge in [0.15, 0.2) is 0 Å². The summed E-state index contributed by atoms with van der Waals surface area (Å²) in [6.07, 6.45) is 1.73. The Kier molecular flexibility index (Phi) is 8.08. The molecular formula is C17H30N6O3. The summed E-state index contributed by atoms with van der Waals surface area (Å²) in [6, 6.07) is 0.756. The number of amides is 4. The molecule has 1 rings (SSSR count). The Balaban J connectivity index is 2.37. The number of carbonyl (C=O) groups is 2. The molecule has 4 amide bonds. The number of H-pyrrole nitrogens is 1. The first-order chi connectivity index (χ1) is 12.1. The van der Waals surface area contributed by atoms with E-state index in [2.05, 4.69) is 52.0 Å². The molecule has 1 heterocycles. The van der Waals surface area contributed by atoms with Crippen molar-refractivity contribution in [3.63, 3.8) is 0 Å². The van der Waals surface area contributed by atoms with Crippen LogP contribution in [0.25, 0.3) is 0 Å². The number of nitrogens with one attached hydrogen (secondary N) is 5. The van der Waals surface area contributed by atoms with Gasteiger partial charge in [-0.2, -0.15) is 0 Å². The quantitative estimate of drug-likeness (QED) is 0.478. The van der Waals surface area contributed by atoms with E-state index in [0.717, 1.165) is 12.8 Å². The third-order valence-corrected chi connectivity index (χ3v) is 3.93. The van der Waals surface area contributed by atoms with E-state index >= 15 is 0 Å². The molecule has 0 saturated carbocycles. The Morgan fingerprint density at radius 1 is 1.27 bits per heavy atom. The van der Waals surface area contributed by atoms with E-state index in [1.165, 1.54) is 6.07 Å². The molecule has 5 N–H and O–H groups in total. The standard InChI is InChI=1S/C17H30N6O3/c1-11(9-17(3,4)6-7-19-15(25)18-5)10-20-16(26)23-14-21-12(2)8-13(24)22-14/h8,11H,6-7,9-10H2,1-5H3,(H2,18,19,25)(H3,20,21,22,23,24,26). The molecule has 0 aliphatic rings. The maximum absolute atomic E-state index is 11.9. The van der Waals surface area contributed by atoms with Gasteiger partial charge in [-0.1, -0.05) is 20.8 Å². The maximum atomic E-state index is 11.9. The molecule has 1 aromatic rings. The molecule has 0 aromatic carbocycles. The van der Waals surface area contributed by atoms with Crippen molar-refractivity contribution in [3.05, 3.63) is 22.1 Å². The number of hydrogen-bond donors (Lipinski definition) is 5. The highest BCUT2D eigenvalue weighted by atomic mass is 16.2. The minimum Gasteiger partial charge on any atom is -0.341 e. The molecule has 146 valence electrons. The molecular weight excluding hydrogens is 336 g/mol. The maximum Gasteiger partial charge on any atom is 0.321 e. The number of aromatic nitrogens is 2. The van der Waals surface area contributed by atoms with Crippen LogP contribution in [-0.4, -0.2) is 42.2 Å². The van der Waals surface area contributed by atoms with E-state index in [1.54, 1.807) is 14.0 Å². The van der Waals surface area contributed by atoms with Crippen molar-refractivity contribution in [3.8, 4) is 0 Å². The molecule has 9 nitrogen and oxygen atoms in total. The fourth-order valence-corrected chi connectivity index (χ4v) is 2.78. The van der Waals surface area contributed by atoms with Crippen LogP contribution < -0.4 is 26.8 Å². The zero-order valence-electron chi connectivity index (χ0n) is 16.2. The van der Waals surface area contributed by atoms with Gasteiger partial charge in [0.05, 0.1) is 0 Å². The Hall–Kier alpha value is -2.58. The summed E-state index contributed by atoms with van der Waals surface area (Å²) in [5, 5.41) is 10.6. The summed E-state index contributed by atoms with van der Waals surface area (Å²) in [7, 11) is 1.58. The largest absolute Gasteiger partial charge is 0.341 e. The Labute approximate surface area is 153 Å². The van der Waals surface area contributed by atoms with Crippen molar-refractivity contribution in [1.82, 2.24) is 25.9 Å². The van der Waals surface area contributed by atoms with Crippen LogP contribution in [0, 0.1) is 18.3 Å². The van der Waals surface area contributed by atoms with Gasteiger partial charge < -0.3 is 16.0 Å². The van der Waals surface area contributed by atoms with E-state index < -0.39 is 6.03 Å². The van der Waals surface area contributed by atoms with Crippen LogP contribution >= 0.6 is 0 Å². The lowest BCUT2D eigenvalue weighted by Crippen LogP contribution is -2.36. The number of urea groups is 2. The number of aryl methyl sites for hydroxylation is 1. The van der Waals surface area contributed by atoms with Crippen molar-refractivity contribution in [1.29, 1.82) is 0 Å². The van der Waals surface area contributed by atoms with Gasteiger partial charge in [-0.25, -0.2) is 14.6 Å². The van der Waals surface area contributed by atoms with E-state index in [1.807, 2.05) is 0 Å². The molecule has 1 atom stereocenters. The van der Waals surface area contributed by atoms with Crippen LogP contribution in [0.1, 0.15) is 39.3 Å². The van der Waals surface area contributed by atoms with Gasteiger partial charge in [0.2, 0.25) is 5.95 Å². The highest BCUT2D eigenvalue weighted by molar-refractivity contribution is 5.87. The zero-order chi connectivity index (χ0) is 19.7. The summed E-state index contributed by atoms with van der Waals surface area (Å²) < 4.78 is 0. The van der Waals surface area contributed by atoms with Crippen LogP contribution in [0.4, 0.5) is 15.5 Å². The normalized spacial score (nSPS) is 12.2. The van der Waals surface area contributed by atoms with Crippen LogP contribution in [-0.2, 0) is 0 Å². The smallest absolute Gasteiger partial charge is 0.321 e. The van der Waals surface area contributed by atoms with Gasteiger partial charge in [0.1, 0.15) is 0 Å². The number of anilines is 1. The third kappa shape index (κ3) is 8.50. The monoisotopic (exact) mass is 366 g/mol. The van der Waals surface area contributed by atoms with Crippen LogP contribution in [0.3, 0.4) is 0 Å². The summed E-state index contributed by atoms with van der Waals surface area (Å²) >= 11 is 0. The number of rotatable bonds is 8. The van der Waals surface area contributed by atoms with Gasteiger partial charge in [0.25, 0.3) is 5.56 Å². The lowest BCUT2D eigenvalue weighted by molar-refractivity contribution is 0.228. The molecule has 0 saturated heterocycles. The van der Waals surface area contributed by atoms with Crippen molar-refractivity contribution in [2.24, 2.45) is 11.3 Å². The number of aromatic amines is 1. The second-order valence-electron chi connectivity index (χ2n) is 7.30. The molecule has 0 fully saturated rings. The lowest BCUT2D eigenvalue weighted by atomic mass is 9.80. The van der Waals surface area contributed by atoms with Gasteiger partial charge >= 0.3 is 12.1 Å². The Morgan fingerprint density at radius 2 is 1.96 bits per heavy atom. The molecule has 0 radical (unpaired) electrons. The molecule has 0 bridgehead atoms. The molecule has 1 unspecified atom stereocenters. The minimum atomic E-state index is -0.412. The van der Waals surface area contributed by atoms with Gasteiger partial charge in [0, 0.05) is 31.9 Å². The Morgan fingerprint density at radius 3 is 2.58 bits per heavy atom. The summed E-state index contributed by atoms with van der Waals surface area (Å²) in [5.41, 5.74) is 0.250. The third-order valence-electron chi connectivity index (χ3n) is 3.93. The van der Waals surface area contributed by atoms with Crippen molar-refractivity contribution >= 4 is 18.0 Å². The van der Waals surface area contributed by atoms with E-state index in [-0.39, 0.29) is 28.9 Å². The van der Waals surface area contributed by atoms with Crippen LogP contribution in [0.2, 0.25) is 0 Å². The molecule has 1 aromatic heterocycles. The zero-order valence-corrected chi connectivity index (χ0v) is 16.2. The predicted octanol–water partition coefficient (Wildman–Crippen LogP) is 1.57. The number of nitrogens with zero attached hydrogens (tertiary/aromatic N) is 1. The second-order valence-corrected chi connectivity index (χ2v) is 7.30.